The van der Waals surface area contributed by atoms with Gasteiger partial charge in [0, 0.05) is 12.3 Å². The molecule has 1 N–H and O–H groups in total. The molecule has 1 unspecified atom stereocenters. The smallest absolute Gasteiger partial charge is 0.0725 e. The number of hydrogen-bond acceptors (Lipinski definition) is 1. The van der Waals surface area contributed by atoms with E-state index < -0.39 is 5.60 Å². The minimum absolute atomic E-state index is 0.272. The van der Waals surface area contributed by atoms with Crippen LogP contribution in [0.1, 0.15) is 30.9 Å². The molecule has 2 rings (SSSR count). The zero-order valence-corrected chi connectivity index (χ0v) is 7.54. The van der Waals surface area contributed by atoms with E-state index in [0.717, 1.165) is 6.42 Å². The molecule has 0 amide bonds. The number of aliphatic hydroxyl groups is 1. The van der Waals surface area contributed by atoms with Crippen molar-refractivity contribution in [3.05, 3.63) is 35.4 Å². The average molecular weight is 162 g/mol. The van der Waals surface area contributed by atoms with E-state index in [-0.39, 0.29) is 5.92 Å². The fraction of sp³-hybridized carbons (Fsp3) is 0.455. The van der Waals surface area contributed by atoms with Gasteiger partial charge in [0.25, 0.3) is 0 Å². The Labute approximate surface area is 73.0 Å². The lowest BCUT2D eigenvalue weighted by Crippen LogP contribution is -2.27. The highest BCUT2D eigenvalue weighted by molar-refractivity contribution is 5.38. The van der Waals surface area contributed by atoms with Crippen LogP contribution in [0.25, 0.3) is 0 Å². The van der Waals surface area contributed by atoms with Gasteiger partial charge < -0.3 is 5.11 Å². The summed E-state index contributed by atoms with van der Waals surface area (Å²) < 4.78 is 0. The van der Waals surface area contributed by atoms with Crippen LogP contribution in [0, 0.1) is 0 Å². The second-order valence-corrected chi connectivity index (χ2v) is 3.95. The van der Waals surface area contributed by atoms with E-state index in [1.165, 1.54) is 11.1 Å². The number of fused-ring (bicyclic) bond motifs is 1. The molecule has 0 spiro atoms. The van der Waals surface area contributed by atoms with Gasteiger partial charge in [0.05, 0.1) is 5.60 Å². The summed E-state index contributed by atoms with van der Waals surface area (Å²) in [6.45, 7) is 4.00. The molecule has 1 nitrogen and oxygen atoms in total. The van der Waals surface area contributed by atoms with Crippen molar-refractivity contribution in [2.45, 2.75) is 31.8 Å². The van der Waals surface area contributed by atoms with Crippen LogP contribution < -0.4 is 0 Å². The van der Waals surface area contributed by atoms with E-state index in [0.29, 0.717) is 0 Å². The highest BCUT2D eigenvalue weighted by Gasteiger charge is 2.37. The Hall–Kier alpha value is -0.820. The molecule has 0 bridgehead atoms. The SMILES string of the molecule is C[C@@H]1c2ccccc2CC1(C)O. The summed E-state index contributed by atoms with van der Waals surface area (Å²) in [4.78, 5) is 0. The maximum absolute atomic E-state index is 9.98. The van der Waals surface area contributed by atoms with Crippen molar-refractivity contribution in [2.24, 2.45) is 0 Å². The van der Waals surface area contributed by atoms with Crippen molar-refractivity contribution in [1.82, 2.24) is 0 Å². The van der Waals surface area contributed by atoms with E-state index in [1.807, 2.05) is 19.1 Å². The lowest BCUT2D eigenvalue weighted by atomic mass is 9.92. The summed E-state index contributed by atoms with van der Waals surface area (Å²) >= 11 is 0. The molecule has 1 aliphatic carbocycles. The summed E-state index contributed by atoms with van der Waals surface area (Å²) in [5, 5.41) is 9.98. The molecule has 1 aliphatic rings. The second-order valence-electron chi connectivity index (χ2n) is 3.95. The topological polar surface area (TPSA) is 20.2 Å². The van der Waals surface area contributed by atoms with Gasteiger partial charge in [-0.05, 0) is 18.1 Å². The zero-order chi connectivity index (χ0) is 8.77. The molecule has 1 heteroatoms. The van der Waals surface area contributed by atoms with Gasteiger partial charge in [-0.3, -0.25) is 0 Å². The molecular formula is C11H14O. The average Bonchev–Trinajstić information content (AvgIpc) is 2.24. The summed E-state index contributed by atoms with van der Waals surface area (Å²) in [7, 11) is 0. The summed E-state index contributed by atoms with van der Waals surface area (Å²) in [6, 6.07) is 8.29. The predicted molar refractivity (Wildman–Crippen MR) is 49.2 cm³/mol. The van der Waals surface area contributed by atoms with Gasteiger partial charge >= 0.3 is 0 Å². The van der Waals surface area contributed by atoms with Gasteiger partial charge in [0.1, 0.15) is 0 Å². The largest absolute Gasteiger partial charge is 0.389 e. The Kier molecular flexibility index (Phi) is 1.52. The van der Waals surface area contributed by atoms with Gasteiger partial charge in [0.15, 0.2) is 0 Å². The Balaban J connectivity index is 2.49. The van der Waals surface area contributed by atoms with Crippen LogP contribution in [0.2, 0.25) is 0 Å². The van der Waals surface area contributed by atoms with Crippen molar-refractivity contribution in [3.63, 3.8) is 0 Å². The molecule has 0 aromatic heterocycles. The normalized spacial score (nSPS) is 33.4. The molecule has 12 heavy (non-hydrogen) atoms. The van der Waals surface area contributed by atoms with Crippen molar-refractivity contribution >= 4 is 0 Å². The van der Waals surface area contributed by atoms with E-state index in [4.69, 9.17) is 0 Å². The highest BCUT2D eigenvalue weighted by atomic mass is 16.3. The molecule has 0 saturated heterocycles. The maximum atomic E-state index is 9.98. The van der Waals surface area contributed by atoms with Gasteiger partial charge in [0.2, 0.25) is 0 Å². The monoisotopic (exact) mass is 162 g/mol. The van der Waals surface area contributed by atoms with Crippen molar-refractivity contribution in [2.75, 3.05) is 0 Å². The molecule has 0 fully saturated rings. The van der Waals surface area contributed by atoms with Crippen LogP contribution in [0.15, 0.2) is 24.3 Å². The van der Waals surface area contributed by atoms with Crippen LogP contribution in [0.4, 0.5) is 0 Å². The maximum Gasteiger partial charge on any atom is 0.0725 e. The quantitative estimate of drug-likeness (QED) is 0.619. The van der Waals surface area contributed by atoms with E-state index in [9.17, 15) is 5.11 Å². The molecule has 64 valence electrons. The first-order chi connectivity index (χ1) is 5.61. The first-order valence-electron chi connectivity index (χ1n) is 4.41. The van der Waals surface area contributed by atoms with E-state index in [2.05, 4.69) is 19.1 Å². The van der Waals surface area contributed by atoms with Gasteiger partial charge in [-0.15, -0.1) is 0 Å². The molecule has 0 aliphatic heterocycles. The Morgan fingerprint density at radius 1 is 1.42 bits per heavy atom. The van der Waals surface area contributed by atoms with Crippen LogP contribution in [-0.2, 0) is 6.42 Å². The Morgan fingerprint density at radius 3 is 2.75 bits per heavy atom. The van der Waals surface area contributed by atoms with Crippen LogP contribution >= 0.6 is 0 Å². The number of rotatable bonds is 0. The van der Waals surface area contributed by atoms with Crippen molar-refractivity contribution in [3.8, 4) is 0 Å². The molecule has 1 aromatic carbocycles. The summed E-state index contributed by atoms with van der Waals surface area (Å²) in [6.07, 6.45) is 0.796. The minimum Gasteiger partial charge on any atom is -0.389 e. The highest BCUT2D eigenvalue weighted by Crippen LogP contribution is 2.39. The Bertz CT molecular complexity index is 302. The third-order valence-corrected chi connectivity index (χ3v) is 3.00. The fourth-order valence-electron chi connectivity index (χ4n) is 1.99. The van der Waals surface area contributed by atoms with Gasteiger partial charge in [-0.1, -0.05) is 31.2 Å². The van der Waals surface area contributed by atoms with Crippen LogP contribution in [0.3, 0.4) is 0 Å². The second kappa shape index (κ2) is 2.33. The lowest BCUT2D eigenvalue weighted by Gasteiger charge is -2.21. The zero-order valence-electron chi connectivity index (χ0n) is 7.54. The third-order valence-electron chi connectivity index (χ3n) is 3.00. The van der Waals surface area contributed by atoms with Gasteiger partial charge in [-0.25, -0.2) is 0 Å². The molecular weight excluding hydrogens is 148 g/mol. The Morgan fingerprint density at radius 2 is 2.08 bits per heavy atom. The van der Waals surface area contributed by atoms with E-state index in [1.54, 1.807) is 0 Å². The van der Waals surface area contributed by atoms with Crippen LogP contribution in [0.5, 0.6) is 0 Å². The lowest BCUT2D eigenvalue weighted by molar-refractivity contribution is 0.0488. The third kappa shape index (κ3) is 0.969. The molecule has 0 saturated carbocycles. The van der Waals surface area contributed by atoms with Crippen molar-refractivity contribution in [1.29, 1.82) is 0 Å². The minimum atomic E-state index is -0.538. The number of hydrogen-bond donors (Lipinski definition) is 1. The predicted octanol–water partition coefficient (Wildman–Crippen LogP) is 2.10. The molecule has 2 atom stereocenters. The van der Waals surface area contributed by atoms with E-state index >= 15 is 0 Å². The molecule has 0 heterocycles. The van der Waals surface area contributed by atoms with Crippen molar-refractivity contribution < 1.29 is 5.11 Å². The first-order valence-corrected chi connectivity index (χ1v) is 4.41. The molecule has 0 radical (unpaired) electrons. The summed E-state index contributed by atoms with van der Waals surface area (Å²) in [5.41, 5.74) is 2.07. The van der Waals surface area contributed by atoms with Crippen LogP contribution in [-0.4, -0.2) is 10.7 Å². The standard InChI is InChI=1S/C11H14O/c1-8-10-6-4-3-5-9(10)7-11(8,2)12/h3-6,8,12H,7H2,1-2H3/t8-,11?/m1/s1. The summed E-state index contributed by atoms with van der Waals surface area (Å²) in [5.74, 6) is 0.272. The molecule has 1 aromatic rings. The fourth-order valence-corrected chi connectivity index (χ4v) is 1.99. The number of benzene rings is 1. The van der Waals surface area contributed by atoms with Gasteiger partial charge in [-0.2, -0.15) is 0 Å². The first kappa shape index (κ1) is 7.81.